The molecule has 0 unspecified atom stereocenters. The summed E-state index contributed by atoms with van der Waals surface area (Å²) < 4.78 is 1.83. The van der Waals surface area contributed by atoms with Crippen LogP contribution in [0, 0.1) is 0 Å². The summed E-state index contributed by atoms with van der Waals surface area (Å²) in [7, 11) is 1.92. The third-order valence-corrected chi connectivity index (χ3v) is 3.76. The van der Waals surface area contributed by atoms with Gasteiger partial charge < -0.3 is 5.32 Å². The topological polar surface area (TPSA) is 33.1 Å². The Bertz CT molecular complexity index is 557. The molecule has 0 amide bonds. The van der Waals surface area contributed by atoms with E-state index in [2.05, 4.69) is 33.5 Å². The van der Waals surface area contributed by atoms with E-state index in [1.54, 1.807) is 0 Å². The molecule has 0 spiro atoms. The van der Waals surface area contributed by atoms with Gasteiger partial charge in [-0.2, -0.15) is 5.10 Å². The zero-order valence-electron chi connectivity index (χ0n) is 10.5. The predicted molar refractivity (Wildman–Crippen MR) is 73.9 cm³/mol. The lowest BCUT2D eigenvalue weighted by atomic mass is 10.1. The second-order valence-electron chi connectivity index (χ2n) is 4.79. The molecule has 2 heterocycles. The molecule has 0 aliphatic carbocycles. The second-order valence-corrected chi connectivity index (χ2v) is 5.15. The molecule has 1 aliphatic rings. The van der Waals surface area contributed by atoms with Gasteiger partial charge in [0.05, 0.1) is 5.52 Å². The molecule has 18 heavy (non-hydrogen) atoms. The lowest BCUT2D eigenvalue weighted by molar-refractivity contribution is 0.233. The molecule has 0 bridgehead atoms. The highest BCUT2D eigenvalue weighted by atomic mass is 35.5. The number of fused-ring (bicyclic) bond motifs is 1. The minimum absolute atomic E-state index is 0.592. The van der Waals surface area contributed by atoms with Crippen molar-refractivity contribution in [3.05, 3.63) is 28.9 Å². The van der Waals surface area contributed by atoms with Crippen molar-refractivity contribution in [3.63, 3.8) is 0 Å². The van der Waals surface area contributed by atoms with Crippen LogP contribution in [0.2, 0.25) is 5.15 Å². The maximum Gasteiger partial charge on any atom is 0.158 e. The van der Waals surface area contributed by atoms with Gasteiger partial charge in [0, 0.05) is 45.2 Å². The van der Waals surface area contributed by atoms with Crippen molar-refractivity contribution >= 4 is 22.5 Å². The molecular weight excluding hydrogens is 248 g/mol. The number of halogens is 1. The zero-order chi connectivity index (χ0) is 12.5. The summed E-state index contributed by atoms with van der Waals surface area (Å²) >= 11 is 6.14. The van der Waals surface area contributed by atoms with Gasteiger partial charge in [0.15, 0.2) is 5.15 Å². The molecule has 0 radical (unpaired) electrons. The Morgan fingerprint density at radius 2 is 2.11 bits per heavy atom. The van der Waals surface area contributed by atoms with Gasteiger partial charge in [0.1, 0.15) is 0 Å². The Hall–Kier alpha value is -1.10. The maximum atomic E-state index is 6.14. The highest BCUT2D eigenvalue weighted by Gasteiger charge is 2.12. The van der Waals surface area contributed by atoms with Gasteiger partial charge in [-0.25, -0.2) is 0 Å². The van der Waals surface area contributed by atoms with Crippen LogP contribution >= 0.6 is 11.6 Å². The number of hydrogen-bond donors (Lipinski definition) is 1. The minimum atomic E-state index is 0.592. The van der Waals surface area contributed by atoms with Gasteiger partial charge in [-0.05, 0) is 17.7 Å². The Balaban J connectivity index is 1.86. The van der Waals surface area contributed by atoms with Crippen LogP contribution in [-0.2, 0) is 13.6 Å². The van der Waals surface area contributed by atoms with Gasteiger partial charge in [0.2, 0.25) is 0 Å². The van der Waals surface area contributed by atoms with Crippen LogP contribution in [-0.4, -0.2) is 40.9 Å². The van der Waals surface area contributed by atoms with Crippen LogP contribution in [0.15, 0.2) is 18.2 Å². The summed E-state index contributed by atoms with van der Waals surface area (Å²) in [6.45, 7) is 5.37. The van der Waals surface area contributed by atoms with Crippen LogP contribution in [0.25, 0.3) is 10.9 Å². The van der Waals surface area contributed by atoms with E-state index in [0.717, 1.165) is 43.6 Å². The van der Waals surface area contributed by atoms with E-state index in [0.29, 0.717) is 5.15 Å². The Labute approximate surface area is 112 Å². The fourth-order valence-electron chi connectivity index (χ4n) is 2.50. The first-order chi connectivity index (χ1) is 8.74. The monoisotopic (exact) mass is 264 g/mol. The van der Waals surface area contributed by atoms with E-state index in [-0.39, 0.29) is 0 Å². The Morgan fingerprint density at radius 3 is 2.89 bits per heavy atom. The first kappa shape index (κ1) is 12.0. The normalized spacial score (nSPS) is 17.4. The van der Waals surface area contributed by atoms with E-state index in [9.17, 15) is 0 Å². The molecule has 1 saturated heterocycles. The van der Waals surface area contributed by atoms with Crippen molar-refractivity contribution < 1.29 is 0 Å². The summed E-state index contributed by atoms with van der Waals surface area (Å²) in [6, 6.07) is 6.43. The van der Waals surface area contributed by atoms with E-state index in [4.69, 9.17) is 11.6 Å². The Morgan fingerprint density at radius 1 is 1.33 bits per heavy atom. The quantitative estimate of drug-likeness (QED) is 0.895. The molecule has 96 valence electrons. The lowest BCUT2D eigenvalue weighted by Gasteiger charge is -2.27. The number of nitrogens with zero attached hydrogens (tertiary/aromatic N) is 3. The Kier molecular flexibility index (Phi) is 3.24. The smallest absolute Gasteiger partial charge is 0.158 e. The number of aryl methyl sites for hydroxylation is 1. The summed E-state index contributed by atoms with van der Waals surface area (Å²) in [5.74, 6) is 0. The summed E-state index contributed by atoms with van der Waals surface area (Å²) in [6.07, 6.45) is 0. The SMILES string of the molecule is Cn1nc(Cl)c2cc(CN3CCNCC3)ccc21. The largest absolute Gasteiger partial charge is 0.314 e. The van der Waals surface area contributed by atoms with Crippen molar-refractivity contribution in [2.24, 2.45) is 7.05 Å². The summed E-state index contributed by atoms with van der Waals surface area (Å²) in [5, 5.41) is 9.24. The first-order valence-electron chi connectivity index (χ1n) is 6.28. The molecule has 1 aromatic heterocycles. The maximum absolute atomic E-state index is 6.14. The molecule has 4 nitrogen and oxygen atoms in total. The van der Waals surface area contributed by atoms with Gasteiger partial charge in [-0.3, -0.25) is 9.58 Å². The second kappa shape index (κ2) is 4.88. The molecule has 0 atom stereocenters. The van der Waals surface area contributed by atoms with Crippen LogP contribution < -0.4 is 5.32 Å². The molecule has 1 fully saturated rings. The van der Waals surface area contributed by atoms with Crippen LogP contribution in [0.4, 0.5) is 0 Å². The molecule has 1 N–H and O–H groups in total. The van der Waals surface area contributed by atoms with E-state index < -0.39 is 0 Å². The summed E-state index contributed by atoms with van der Waals surface area (Å²) in [5.41, 5.74) is 2.39. The molecular formula is C13H17ClN4. The predicted octanol–water partition coefficient (Wildman–Crippen LogP) is 1.63. The molecule has 1 aliphatic heterocycles. The first-order valence-corrected chi connectivity index (χ1v) is 6.66. The van der Waals surface area contributed by atoms with E-state index in [1.165, 1.54) is 5.56 Å². The third kappa shape index (κ3) is 2.23. The molecule has 0 saturated carbocycles. The number of rotatable bonds is 2. The number of hydrogen-bond acceptors (Lipinski definition) is 3. The number of aromatic nitrogens is 2. The van der Waals surface area contributed by atoms with Crippen molar-refractivity contribution in [3.8, 4) is 0 Å². The zero-order valence-corrected chi connectivity index (χ0v) is 11.2. The van der Waals surface area contributed by atoms with Gasteiger partial charge in [-0.15, -0.1) is 0 Å². The average molecular weight is 265 g/mol. The summed E-state index contributed by atoms with van der Waals surface area (Å²) in [4.78, 5) is 2.46. The number of nitrogens with one attached hydrogen (secondary N) is 1. The molecule has 1 aromatic carbocycles. The average Bonchev–Trinajstić information content (AvgIpc) is 2.66. The number of piperazine rings is 1. The van der Waals surface area contributed by atoms with Crippen LogP contribution in [0.3, 0.4) is 0 Å². The number of benzene rings is 1. The van der Waals surface area contributed by atoms with Crippen molar-refractivity contribution in [1.29, 1.82) is 0 Å². The van der Waals surface area contributed by atoms with Crippen molar-refractivity contribution in [2.75, 3.05) is 26.2 Å². The van der Waals surface area contributed by atoms with Gasteiger partial charge in [0.25, 0.3) is 0 Å². The lowest BCUT2D eigenvalue weighted by Crippen LogP contribution is -2.42. The third-order valence-electron chi connectivity index (χ3n) is 3.49. The highest BCUT2D eigenvalue weighted by molar-refractivity contribution is 6.34. The van der Waals surface area contributed by atoms with Crippen molar-refractivity contribution in [1.82, 2.24) is 20.0 Å². The van der Waals surface area contributed by atoms with E-state index >= 15 is 0 Å². The van der Waals surface area contributed by atoms with Crippen LogP contribution in [0.5, 0.6) is 0 Å². The fourth-order valence-corrected chi connectivity index (χ4v) is 2.76. The van der Waals surface area contributed by atoms with Gasteiger partial charge in [-0.1, -0.05) is 17.7 Å². The van der Waals surface area contributed by atoms with Crippen molar-refractivity contribution in [2.45, 2.75) is 6.54 Å². The van der Waals surface area contributed by atoms with Gasteiger partial charge >= 0.3 is 0 Å². The molecule has 2 aromatic rings. The van der Waals surface area contributed by atoms with Crippen LogP contribution in [0.1, 0.15) is 5.56 Å². The highest BCUT2D eigenvalue weighted by Crippen LogP contribution is 2.23. The molecule has 5 heteroatoms. The fraction of sp³-hybridized carbons (Fsp3) is 0.462. The standard InChI is InChI=1S/C13H17ClN4/c1-17-12-3-2-10(8-11(12)13(14)16-17)9-18-6-4-15-5-7-18/h2-3,8,15H,4-7,9H2,1H3. The van der Waals surface area contributed by atoms with E-state index in [1.807, 2.05) is 11.7 Å². The molecule has 3 rings (SSSR count). The minimum Gasteiger partial charge on any atom is -0.314 e.